The van der Waals surface area contributed by atoms with E-state index in [1.807, 2.05) is 18.5 Å². The number of thiazole rings is 1. The SMILES string of the molecule is CCN1CCC(c2ncc(-c3n[nH]c(-c4cc(OC)c5ncnn5c4)c3C(C)C)s2)CC1. The minimum Gasteiger partial charge on any atom is -0.493 e. The first-order valence-electron chi connectivity index (χ1n) is 11.2. The van der Waals surface area contributed by atoms with Crippen molar-refractivity contribution in [2.45, 2.75) is 45.4 Å². The Morgan fingerprint density at radius 3 is 2.78 bits per heavy atom. The number of ether oxygens (including phenoxy) is 1. The number of hydrogen-bond acceptors (Lipinski definition) is 7. The van der Waals surface area contributed by atoms with Crippen LogP contribution < -0.4 is 4.74 Å². The molecule has 0 amide bonds. The number of methoxy groups -OCH3 is 1. The van der Waals surface area contributed by atoms with E-state index >= 15 is 0 Å². The van der Waals surface area contributed by atoms with E-state index in [1.54, 1.807) is 23.0 Å². The molecule has 0 unspecified atom stereocenters. The van der Waals surface area contributed by atoms with Gasteiger partial charge in [0.05, 0.1) is 22.7 Å². The van der Waals surface area contributed by atoms with Crippen molar-refractivity contribution < 1.29 is 4.74 Å². The van der Waals surface area contributed by atoms with Crippen LogP contribution in [-0.2, 0) is 0 Å². The van der Waals surface area contributed by atoms with Crippen molar-refractivity contribution in [3.05, 3.63) is 35.4 Å². The van der Waals surface area contributed by atoms with Gasteiger partial charge in [0.2, 0.25) is 0 Å². The molecule has 168 valence electrons. The van der Waals surface area contributed by atoms with Gasteiger partial charge in [-0.3, -0.25) is 5.10 Å². The minimum absolute atomic E-state index is 0.287. The number of likely N-dealkylation sites (tertiary alicyclic amines) is 1. The van der Waals surface area contributed by atoms with Crippen molar-refractivity contribution >= 4 is 17.0 Å². The summed E-state index contributed by atoms with van der Waals surface area (Å²) in [7, 11) is 1.65. The molecule has 0 saturated carbocycles. The summed E-state index contributed by atoms with van der Waals surface area (Å²) in [5, 5.41) is 13.6. The molecule has 1 N–H and O–H groups in total. The van der Waals surface area contributed by atoms with Gasteiger partial charge >= 0.3 is 0 Å². The molecular formula is C23H29N7OS. The number of fused-ring (bicyclic) bond motifs is 1. The van der Waals surface area contributed by atoms with E-state index in [0.29, 0.717) is 17.3 Å². The molecule has 32 heavy (non-hydrogen) atoms. The van der Waals surface area contributed by atoms with Gasteiger partial charge in [-0.15, -0.1) is 11.3 Å². The Bertz CT molecular complexity index is 1220. The zero-order valence-electron chi connectivity index (χ0n) is 19.0. The fourth-order valence-electron chi connectivity index (χ4n) is 4.59. The van der Waals surface area contributed by atoms with Gasteiger partial charge in [-0.2, -0.15) is 10.2 Å². The first-order valence-corrected chi connectivity index (χ1v) is 12.0. The molecule has 8 nitrogen and oxygen atoms in total. The summed E-state index contributed by atoms with van der Waals surface area (Å²) in [4.78, 5) is 12.7. The van der Waals surface area contributed by atoms with E-state index in [9.17, 15) is 0 Å². The van der Waals surface area contributed by atoms with Crippen LogP contribution in [0.25, 0.3) is 27.5 Å². The van der Waals surface area contributed by atoms with Crippen molar-refractivity contribution in [1.29, 1.82) is 0 Å². The Balaban J connectivity index is 1.50. The summed E-state index contributed by atoms with van der Waals surface area (Å²) in [6, 6.07) is 1.99. The molecule has 5 rings (SSSR count). The molecule has 0 atom stereocenters. The van der Waals surface area contributed by atoms with Crippen molar-refractivity contribution in [3.8, 4) is 27.6 Å². The van der Waals surface area contributed by atoms with Crippen LogP contribution in [-0.4, -0.2) is 61.4 Å². The summed E-state index contributed by atoms with van der Waals surface area (Å²) in [6.45, 7) is 10.1. The highest BCUT2D eigenvalue weighted by Crippen LogP contribution is 2.40. The van der Waals surface area contributed by atoms with Crippen LogP contribution in [0.3, 0.4) is 0 Å². The Morgan fingerprint density at radius 2 is 2.06 bits per heavy atom. The molecule has 0 radical (unpaired) electrons. The number of pyridine rings is 1. The van der Waals surface area contributed by atoms with E-state index in [0.717, 1.165) is 41.5 Å². The molecule has 9 heteroatoms. The second-order valence-electron chi connectivity index (χ2n) is 8.61. The first-order chi connectivity index (χ1) is 15.6. The summed E-state index contributed by atoms with van der Waals surface area (Å²) in [5.74, 6) is 1.52. The lowest BCUT2D eigenvalue weighted by Crippen LogP contribution is -2.32. The molecule has 4 aromatic rings. The molecule has 1 saturated heterocycles. The lowest BCUT2D eigenvalue weighted by molar-refractivity contribution is 0.222. The average Bonchev–Trinajstić information content (AvgIpc) is 3.57. The number of piperidine rings is 1. The Kier molecular flexibility index (Phi) is 5.69. The van der Waals surface area contributed by atoms with Gasteiger partial charge in [-0.1, -0.05) is 20.8 Å². The minimum atomic E-state index is 0.287. The Labute approximate surface area is 191 Å². The Morgan fingerprint density at radius 1 is 1.25 bits per heavy atom. The predicted octanol–water partition coefficient (Wildman–Crippen LogP) is 4.57. The van der Waals surface area contributed by atoms with E-state index < -0.39 is 0 Å². The van der Waals surface area contributed by atoms with E-state index in [2.05, 4.69) is 40.9 Å². The number of nitrogens with zero attached hydrogens (tertiary/aromatic N) is 6. The topological polar surface area (TPSA) is 84.2 Å². The summed E-state index contributed by atoms with van der Waals surface area (Å²) < 4.78 is 7.30. The molecule has 4 aromatic heterocycles. The van der Waals surface area contributed by atoms with Crippen LogP contribution >= 0.6 is 11.3 Å². The van der Waals surface area contributed by atoms with E-state index in [4.69, 9.17) is 14.8 Å². The molecule has 0 bridgehead atoms. The van der Waals surface area contributed by atoms with Crippen LogP contribution in [0.2, 0.25) is 0 Å². The van der Waals surface area contributed by atoms with Crippen LogP contribution in [0.5, 0.6) is 5.75 Å². The third-order valence-corrected chi connectivity index (χ3v) is 7.54. The Hall–Kier alpha value is -2.78. The molecule has 5 heterocycles. The first kappa shape index (κ1) is 21.1. The van der Waals surface area contributed by atoms with Crippen LogP contribution in [0, 0.1) is 0 Å². The molecule has 0 spiro atoms. The van der Waals surface area contributed by atoms with Crippen molar-refractivity contribution in [2.24, 2.45) is 0 Å². The monoisotopic (exact) mass is 451 g/mol. The zero-order chi connectivity index (χ0) is 22.2. The largest absolute Gasteiger partial charge is 0.493 e. The highest BCUT2D eigenvalue weighted by atomic mass is 32.1. The molecule has 0 aromatic carbocycles. The molecule has 1 fully saturated rings. The number of hydrogen-bond donors (Lipinski definition) is 1. The number of nitrogens with one attached hydrogen (secondary N) is 1. The predicted molar refractivity (Wildman–Crippen MR) is 126 cm³/mol. The highest BCUT2D eigenvalue weighted by molar-refractivity contribution is 7.15. The van der Waals surface area contributed by atoms with Crippen molar-refractivity contribution in [3.63, 3.8) is 0 Å². The van der Waals surface area contributed by atoms with Crippen LogP contribution in [0.4, 0.5) is 0 Å². The maximum Gasteiger partial charge on any atom is 0.197 e. The zero-order valence-corrected chi connectivity index (χ0v) is 19.8. The number of aromatic amines is 1. The van der Waals surface area contributed by atoms with Crippen LogP contribution in [0.15, 0.2) is 24.8 Å². The van der Waals surface area contributed by atoms with Gasteiger partial charge in [0.15, 0.2) is 11.4 Å². The second kappa shape index (κ2) is 8.63. The third kappa shape index (κ3) is 3.69. The van der Waals surface area contributed by atoms with Crippen LogP contribution in [0.1, 0.15) is 56.0 Å². The fraction of sp³-hybridized carbons (Fsp3) is 0.478. The summed E-state index contributed by atoms with van der Waals surface area (Å²) >= 11 is 1.79. The maximum absolute atomic E-state index is 5.56. The normalized spacial score (nSPS) is 15.8. The number of rotatable bonds is 6. The van der Waals surface area contributed by atoms with Crippen molar-refractivity contribution in [1.82, 2.24) is 34.7 Å². The third-order valence-electron chi connectivity index (χ3n) is 6.37. The lowest BCUT2D eigenvalue weighted by atomic mass is 9.96. The van der Waals surface area contributed by atoms with E-state index in [1.165, 1.54) is 29.7 Å². The van der Waals surface area contributed by atoms with Gasteiger partial charge in [0, 0.05) is 29.4 Å². The van der Waals surface area contributed by atoms with Gasteiger partial charge in [-0.05, 0) is 44.5 Å². The molecular weight excluding hydrogens is 422 g/mol. The average molecular weight is 452 g/mol. The fourth-order valence-corrected chi connectivity index (χ4v) is 5.68. The van der Waals surface area contributed by atoms with E-state index in [-0.39, 0.29) is 5.92 Å². The summed E-state index contributed by atoms with van der Waals surface area (Å²) in [5.41, 5.74) is 4.82. The van der Waals surface area contributed by atoms with Gasteiger partial charge in [-0.25, -0.2) is 14.5 Å². The smallest absolute Gasteiger partial charge is 0.197 e. The standard InChI is InChI=1S/C23H29N7OS/c1-5-29-8-6-15(7-9-29)23-24-11-18(32-23)21-19(14(2)3)20(27-28-21)16-10-17(31-4)22-25-13-26-30(22)12-16/h10-15H,5-9H2,1-4H3,(H,27,28). The maximum atomic E-state index is 5.56. The highest BCUT2D eigenvalue weighted by Gasteiger charge is 2.25. The quantitative estimate of drug-likeness (QED) is 0.462. The summed E-state index contributed by atoms with van der Waals surface area (Å²) in [6.07, 6.45) is 7.86. The van der Waals surface area contributed by atoms with Gasteiger partial charge in [0.25, 0.3) is 0 Å². The number of H-pyrrole nitrogens is 1. The molecule has 1 aliphatic rings. The molecule has 0 aliphatic carbocycles. The lowest BCUT2D eigenvalue weighted by Gasteiger charge is -2.29. The molecule has 1 aliphatic heterocycles. The van der Waals surface area contributed by atoms with Gasteiger partial charge < -0.3 is 9.64 Å². The second-order valence-corrected chi connectivity index (χ2v) is 9.67. The van der Waals surface area contributed by atoms with Gasteiger partial charge in [0.1, 0.15) is 12.0 Å². The number of aromatic nitrogens is 6. The van der Waals surface area contributed by atoms with Crippen molar-refractivity contribution in [2.75, 3.05) is 26.7 Å².